The molecule has 1 heterocycles. The third-order valence-electron chi connectivity index (χ3n) is 16.1. The molecule has 0 aromatic rings. The number of carbonyl (C=O) groups is 2. The van der Waals surface area contributed by atoms with Crippen molar-refractivity contribution in [2.45, 2.75) is 156 Å². The first-order valence-electron chi connectivity index (χ1n) is 18.7. The van der Waals surface area contributed by atoms with E-state index in [1.54, 1.807) is 6.92 Å². The molecule has 278 valence electrons. The van der Waals surface area contributed by atoms with E-state index in [0.717, 1.165) is 51.4 Å². The monoisotopic (exact) mass is 690 g/mol. The third-order valence-corrected chi connectivity index (χ3v) is 16.1. The lowest BCUT2D eigenvalue weighted by Gasteiger charge is -2.72. The maximum absolute atomic E-state index is 13.1. The van der Waals surface area contributed by atoms with Gasteiger partial charge in [-0.2, -0.15) is 0 Å². The lowest BCUT2D eigenvalue weighted by atomic mass is 9.33. The van der Waals surface area contributed by atoms with Crippen LogP contribution >= 0.6 is 0 Å². The molecule has 49 heavy (non-hydrogen) atoms. The number of aliphatic hydroxyl groups is 4. The second-order valence-electron chi connectivity index (χ2n) is 18.5. The zero-order valence-electron chi connectivity index (χ0n) is 31.2. The van der Waals surface area contributed by atoms with Gasteiger partial charge in [-0.05, 0) is 99.2 Å². The molecule has 4 saturated carbocycles. The van der Waals surface area contributed by atoms with E-state index in [0.29, 0.717) is 0 Å². The molecular weight excluding hydrogens is 628 g/mol. The van der Waals surface area contributed by atoms with Gasteiger partial charge in [-0.3, -0.25) is 9.59 Å². The normalized spacial score (nSPS) is 53.9. The molecule has 0 bridgehead atoms. The fraction of sp³-hybridized carbons (Fsp3) is 0.897. The molecular formula is C39H62O10. The lowest BCUT2D eigenvalue weighted by Crippen LogP contribution is -2.70. The number of carbonyl (C=O) groups excluding carboxylic acids is 2. The minimum absolute atomic E-state index is 0.0926. The maximum atomic E-state index is 13.1. The lowest BCUT2D eigenvalue weighted by molar-refractivity contribution is -0.341. The van der Waals surface area contributed by atoms with E-state index in [-0.39, 0.29) is 59.0 Å². The number of esters is 2. The van der Waals surface area contributed by atoms with Crippen molar-refractivity contribution in [3.05, 3.63) is 11.6 Å². The molecule has 0 spiro atoms. The van der Waals surface area contributed by atoms with Gasteiger partial charge in [0.15, 0.2) is 6.29 Å². The van der Waals surface area contributed by atoms with E-state index in [2.05, 4.69) is 40.7 Å². The molecule has 0 amide bonds. The molecule has 1 aliphatic heterocycles. The molecule has 6 rings (SSSR count). The molecule has 6 aliphatic rings. The van der Waals surface area contributed by atoms with Crippen LogP contribution in [0.25, 0.3) is 0 Å². The zero-order chi connectivity index (χ0) is 36.1. The molecule has 0 aromatic heterocycles. The van der Waals surface area contributed by atoms with Gasteiger partial charge in [-0.15, -0.1) is 0 Å². The number of ether oxygens (including phenoxy) is 4. The van der Waals surface area contributed by atoms with Crippen molar-refractivity contribution in [1.82, 2.24) is 0 Å². The fourth-order valence-electron chi connectivity index (χ4n) is 12.5. The van der Waals surface area contributed by atoms with Gasteiger partial charge in [0.1, 0.15) is 18.3 Å². The average molecular weight is 691 g/mol. The molecule has 5 fully saturated rings. The summed E-state index contributed by atoms with van der Waals surface area (Å²) in [6, 6.07) is 0. The first-order valence-corrected chi connectivity index (χ1v) is 18.7. The standard InChI is InChI=1S/C39H62O10/c1-21-29(42)30(43)31(44)32(48-21)49-28-18-27(41)36(5,20-47-22(2)40)25-12-13-38(7)26(39(25,28)8)11-10-23-24-19-35(4,33(45)46-9)15-14-34(24,3)16-17-37(23,38)6/h10,21,24-32,41-44H,11-20H2,1-9H3/t21-,24+,25-,26-,27-,28-,29-,30+,31+,32-,34+,35+,36-,37+,38+,39-/m0/s1. The van der Waals surface area contributed by atoms with Crippen LogP contribution in [0.5, 0.6) is 0 Å². The Labute approximate surface area is 292 Å². The maximum Gasteiger partial charge on any atom is 0.311 e. The zero-order valence-corrected chi connectivity index (χ0v) is 31.2. The van der Waals surface area contributed by atoms with Gasteiger partial charge in [0.2, 0.25) is 0 Å². The topological polar surface area (TPSA) is 152 Å². The smallest absolute Gasteiger partial charge is 0.311 e. The molecule has 10 heteroatoms. The summed E-state index contributed by atoms with van der Waals surface area (Å²) in [5.74, 6) is -0.229. The number of hydrogen-bond acceptors (Lipinski definition) is 10. The molecule has 5 aliphatic carbocycles. The Kier molecular flexibility index (Phi) is 9.31. The predicted octanol–water partition coefficient (Wildman–Crippen LogP) is 4.69. The highest BCUT2D eigenvalue weighted by atomic mass is 16.7. The first-order chi connectivity index (χ1) is 22.7. The highest BCUT2D eigenvalue weighted by molar-refractivity contribution is 5.76. The van der Waals surface area contributed by atoms with Crippen LogP contribution in [0, 0.1) is 50.2 Å². The SMILES string of the molecule is COC(=O)[C@]1(C)CC[C@]2(C)CC[C@]3(C)C(=CC[C@@H]4[C@@]5(C)[C@@H](O[C@@H]6O[C@@H](C)[C@H](O)[C@@H](O)[C@H]6O)C[C@H](O)[C@@](C)(COC(C)=O)[C@@H]5CC[C@]43C)[C@H]2C1. The highest BCUT2D eigenvalue weighted by Gasteiger charge is 2.71. The molecule has 4 N–H and O–H groups in total. The second-order valence-corrected chi connectivity index (χ2v) is 18.5. The number of methoxy groups -OCH3 is 1. The summed E-state index contributed by atoms with van der Waals surface area (Å²) in [5, 5.41) is 44.0. The van der Waals surface area contributed by atoms with Gasteiger partial charge in [-0.25, -0.2) is 0 Å². The minimum atomic E-state index is -1.46. The van der Waals surface area contributed by atoms with Crippen LogP contribution in [0.15, 0.2) is 11.6 Å². The summed E-state index contributed by atoms with van der Waals surface area (Å²) in [5.41, 5.74) is -0.527. The Morgan fingerprint density at radius 1 is 0.918 bits per heavy atom. The van der Waals surface area contributed by atoms with Gasteiger partial charge in [0.05, 0.1) is 37.4 Å². The van der Waals surface area contributed by atoms with Crippen LogP contribution in [-0.4, -0.2) is 89.0 Å². The van der Waals surface area contributed by atoms with E-state index in [1.807, 2.05) is 6.92 Å². The van der Waals surface area contributed by atoms with Crippen molar-refractivity contribution in [1.29, 1.82) is 0 Å². The number of rotatable bonds is 5. The Hall–Kier alpha value is -1.56. The molecule has 0 radical (unpaired) electrons. The quantitative estimate of drug-likeness (QED) is 0.236. The number of hydrogen-bond donors (Lipinski definition) is 4. The predicted molar refractivity (Wildman–Crippen MR) is 181 cm³/mol. The highest BCUT2D eigenvalue weighted by Crippen LogP contribution is 2.76. The van der Waals surface area contributed by atoms with Crippen LogP contribution in [-0.2, 0) is 28.5 Å². The fourth-order valence-corrected chi connectivity index (χ4v) is 12.5. The summed E-state index contributed by atoms with van der Waals surface area (Å²) in [6.07, 6.45) is 2.43. The Bertz CT molecular complexity index is 1350. The summed E-state index contributed by atoms with van der Waals surface area (Å²) in [4.78, 5) is 25.2. The molecule has 0 unspecified atom stereocenters. The molecule has 10 nitrogen and oxygen atoms in total. The minimum Gasteiger partial charge on any atom is -0.469 e. The summed E-state index contributed by atoms with van der Waals surface area (Å²) in [6.45, 7) is 16.8. The van der Waals surface area contributed by atoms with Crippen molar-refractivity contribution in [3.63, 3.8) is 0 Å². The number of fused-ring (bicyclic) bond motifs is 7. The first kappa shape index (κ1) is 37.2. The number of aliphatic hydroxyl groups excluding tert-OH is 4. The van der Waals surface area contributed by atoms with E-state index in [9.17, 15) is 30.0 Å². The molecule has 16 atom stereocenters. The van der Waals surface area contributed by atoms with Crippen molar-refractivity contribution in [2.24, 2.45) is 50.2 Å². The van der Waals surface area contributed by atoms with Crippen LogP contribution in [0.2, 0.25) is 0 Å². The van der Waals surface area contributed by atoms with E-state index < -0.39 is 59.2 Å². The van der Waals surface area contributed by atoms with Crippen molar-refractivity contribution in [3.8, 4) is 0 Å². The Morgan fingerprint density at radius 3 is 2.24 bits per heavy atom. The van der Waals surface area contributed by atoms with Crippen LogP contribution in [0.1, 0.15) is 113 Å². The van der Waals surface area contributed by atoms with Gasteiger partial charge >= 0.3 is 11.9 Å². The van der Waals surface area contributed by atoms with Gasteiger partial charge < -0.3 is 39.4 Å². The number of allylic oxidation sites excluding steroid dienone is 2. The van der Waals surface area contributed by atoms with Crippen molar-refractivity contribution >= 4 is 11.9 Å². The molecule has 0 aromatic carbocycles. The summed E-state index contributed by atoms with van der Waals surface area (Å²) < 4.78 is 23.7. The van der Waals surface area contributed by atoms with Crippen LogP contribution in [0.4, 0.5) is 0 Å². The van der Waals surface area contributed by atoms with Crippen LogP contribution < -0.4 is 0 Å². The van der Waals surface area contributed by atoms with E-state index in [1.165, 1.54) is 19.6 Å². The van der Waals surface area contributed by atoms with Crippen molar-refractivity contribution < 1.29 is 49.0 Å². The van der Waals surface area contributed by atoms with Gasteiger partial charge in [0.25, 0.3) is 0 Å². The molecule has 1 saturated heterocycles. The van der Waals surface area contributed by atoms with E-state index >= 15 is 0 Å². The third kappa shape index (κ3) is 5.31. The van der Waals surface area contributed by atoms with Gasteiger partial charge in [0, 0.05) is 24.2 Å². The van der Waals surface area contributed by atoms with E-state index in [4.69, 9.17) is 18.9 Å². The summed E-state index contributed by atoms with van der Waals surface area (Å²) in [7, 11) is 1.49. The van der Waals surface area contributed by atoms with Crippen LogP contribution in [0.3, 0.4) is 0 Å². The van der Waals surface area contributed by atoms with Gasteiger partial charge in [-0.1, -0.05) is 46.3 Å². The largest absolute Gasteiger partial charge is 0.469 e. The Morgan fingerprint density at radius 2 is 1.59 bits per heavy atom. The average Bonchev–Trinajstić information content (AvgIpc) is 3.05. The Balaban J connectivity index is 1.43. The summed E-state index contributed by atoms with van der Waals surface area (Å²) >= 11 is 0. The van der Waals surface area contributed by atoms with Crippen molar-refractivity contribution in [2.75, 3.05) is 13.7 Å². The second kappa shape index (κ2) is 12.3.